The van der Waals surface area contributed by atoms with E-state index in [1.807, 2.05) is 6.92 Å². The number of hydrogen-bond donors (Lipinski definition) is 1. The predicted molar refractivity (Wildman–Crippen MR) is 80.7 cm³/mol. The van der Waals surface area contributed by atoms with Crippen LogP contribution in [0.4, 0.5) is 4.39 Å². The molecule has 2 atom stereocenters. The predicted octanol–water partition coefficient (Wildman–Crippen LogP) is 4.07. The molecule has 2 nitrogen and oxygen atoms in total. The van der Waals surface area contributed by atoms with Crippen molar-refractivity contribution in [3.05, 3.63) is 29.6 Å². The standard InChI is InChI=1S/C17H26FNO/c1-3-10-19-16-6-4-5-14(16)9-11-20-17-8-7-15(18)12-13(17)2/h7-8,12,14,16,19H,3-6,9-11H2,1-2H3. The fourth-order valence-electron chi connectivity index (χ4n) is 3.08. The second-order valence-corrected chi connectivity index (χ2v) is 5.80. The van der Waals surface area contributed by atoms with Crippen LogP contribution in [0.5, 0.6) is 5.75 Å². The smallest absolute Gasteiger partial charge is 0.123 e. The third-order valence-corrected chi connectivity index (χ3v) is 4.20. The molecule has 1 aromatic carbocycles. The van der Waals surface area contributed by atoms with Gasteiger partial charge in [-0.1, -0.05) is 13.3 Å². The van der Waals surface area contributed by atoms with Crippen LogP contribution >= 0.6 is 0 Å². The van der Waals surface area contributed by atoms with E-state index in [1.54, 1.807) is 6.07 Å². The molecule has 2 unspecified atom stereocenters. The zero-order valence-electron chi connectivity index (χ0n) is 12.6. The summed E-state index contributed by atoms with van der Waals surface area (Å²) in [6.07, 6.45) is 6.18. The van der Waals surface area contributed by atoms with Crippen LogP contribution in [0.3, 0.4) is 0 Å². The number of halogens is 1. The molecule has 1 aliphatic rings. The van der Waals surface area contributed by atoms with E-state index in [4.69, 9.17) is 4.74 Å². The average molecular weight is 279 g/mol. The first-order valence-electron chi connectivity index (χ1n) is 7.83. The van der Waals surface area contributed by atoms with Gasteiger partial charge in [-0.05, 0) is 68.8 Å². The fourth-order valence-corrected chi connectivity index (χ4v) is 3.08. The Morgan fingerprint density at radius 2 is 2.20 bits per heavy atom. The van der Waals surface area contributed by atoms with Crippen LogP contribution in [0.25, 0.3) is 0 Å². The zero-order valence-corrected chi connectivity index (χ0v) is 12.6. The zero-order chi connectivity index (χ0) is 14.4. The molecule has 1 N–H and O–H groups in total. The highest BCUT2D eigenvalue weighted by atomic mass is 19.1. The highest BCUT2D eigenvalue weighted by Crippen LogP contribution is 2.29. The van der Waals surface area contributed by atoms with Gasteiger partial charge in [0.1, 0.15) is 11.6 Å². The van der Waals surface area contributed by atoms with E-state index in [9.17, 15) is 4.39 Å². The number of nitrogens with one attached hydrogen (secondary N) is 1. The largest absolute Gasteiger partial charge is 0.493 e. The van der Waals surface area contributed by atoms with Crippen LogP contribution in [-0.4, -0.2) is 19.2 Å². The summed E-state index contributed by atoms with van der Waals surface area (Å²) in [4.78, 5) is 0. The van der Waals surface area contributed by atoms with E-state index in [-0.39, 0.29) is 5.82 Å². The molecule has 1 saturated carbocycles. The minimum absolute atomic E-state index is 0.200. The van der Waals surface area contributed by atoms with Gasteiger partial charge in [0.05, 0.1) is 6.61 Å². The molecule has 0 aliphatic heterocycles. The summed E-state index contributed by atoms with van der Waals surface area (Å²) in [7, 11) is 0. The molecule has 1 aliphatic carbocycles. The highest BCUT2D eigenvalue weighted by Gasteiger charge is 2.26. The summed E-state index contributed by atoms with van der Waals surface area (Å²) < 4.78 is 18.8. The maximum absolute atomic E-state index is 13.0. The fraction of sp³-hybridized carbons (Fsp3) is 0.647. The summed E-state index contributed by atoms with van der Waals surface area (Å²) in [6.45, 7) is 5.93. The Balaban J connectivity index is 1.77. The second-order valence-electron chi connectivity index (χ2n) is 5.80. The van der Waals surface area contributed by atoms with Crippen molar-refractivity contribution in [2.75, 3.05) is 13.2 Å². The summed E-state index contributed by atoms with van der Waals surface area (Å²) >= 11 is 0. The summed E-state index contributed by atoms with van der Waals surface area (Å²) in [5, 5.41) is 3.64. The Labute approximate surface area is 121 Å². The third kappa shape index (κ3) is 4.20. The van der Waals surface area contributed by atoms with E-state index in [0.717, 1.165) is 36.8 Å². The van der Waals surface area contributed by atoms with Crippen molar-refractivity contribution in [3.63, 3.8) is 0 Å². The van der Waals surface area contributed by atoms with Gasteiger partial charge in [-0.15, -0.1) is 0 Å². The minimum atomic E-state index is -0.200. The van der Waals surface area contributed by atoms with E-state index >= 15 is 0 Å². The summed E-state index contributed by atoms with van der Waals surface area (Å²) in [5.41, 5.74) is 0.872. The molecule has 0 heterocycles. The van der Waals surface area contributed by atoms with Gasteiger partial charge in [0, 0.05) is 6.04 Å². The lowest BCUT2D eigenvalue weighted by Crippen LogP contribution is -2.33. The third-order valence-electron chi connectivity index (χ3n) is 4.20. The Kier molecular flexibility index (Phi) is 5.84. The average Bonchev–Trinajstić information content (AvgIpc) is 2.86. The van der Waals surface area contributed by atoms with Crippen molar-refractivity contribution >= 4 is 0 Å². The summed E-state index contributed by atoms with van der Waals surface area (Å²) in [5.74, 6) is 1.33. The quantitative estimate of drug-likeness (QED) is 0.812. The molecule has 2 rings (SSSR count). The van der Waals surface area contributed by atoms with Gasteiger partial charge in [-0.25, -0.2) is 4.39 Å². The van der Waals surface area contributed by atoms with Crippen LogP contribution in [0.2, 0.25) is 0 Å². The molecule has 3 heteroatoms. The Morgan fingerprint density at radius 1 is 1.35 bits per heavy atom. The number of hydrogen-bond acceptors (Lipinski definition) is 2. The van der Waals surface area contributed by atoms with Gasteiger partial charge in [0.2, 0.25) is 0 Å². The minimum Gasteiger partial charge on any atom is -0.493 e. The van der Waals surface area contributed by atoms with Gasteiger partial charge in [-0.2, -0.15) is 0 Å². The van der Waals surface area contributed by atoms with Crippen molar-refractivity contribution < 1.29 is 9.13 Å². The molecular formula is C17H26FNO. The van der Waals surface area contributed by atoms with Crippen molar-refractivity contribution in [2.45, 2.75) is 52.0 Å². The Bertz CT molecular complexity index is 421. The van der Waals surface area contributed by atoms with E-state index in [2.05, 4.69) is 12.2 Å². The van der Waals surface area contributed by atoms with E-state index in [0.29, 0.717) is 6.04 Å². The van der Waals surface area contributed by atoms with Crippen molar-refractivity contribution in [1.82, 2.24) is 5.32 Å². The Hall–Kier alpha value is -1.09. The van der Waals surface area contributed by atoms with Gasteiger partial charge in [0.15, 0.2) is 0 Å². The van der Waals surface area contributed by atoms with Crippen LogP contribution < -0.4 is 10.1 Å². The molecule has 0 aromatic heterocycles. The molecule has 0 amide bonds. The lowest BCUT2D eigenvalue weighted by Gasteiger charge is -2.21. The molecule has 0 saturated heterocycles. The first kappa shape index (κ1) is 15.3. The summed E-state index contributed by atoms with van der Waals surface area (Å²) in [6, 6.07) is 5.37. The maximum Gasteiger partial charge on any atom is 0.123 e. The normalized spacial score (nSPS) is 22.1. The molecular weight excluding hydrogens is 253 g/mol. The van der Waals surface area contributed by atoms with Crippen LogP contribution in [-0.2, 0) is 0 Å². The van der Waals surface area contributed by atoms with Crippen molar-refractivity contribution in [3.8, 4) is 5.75 Å². The highest BCUT2D eigenvalue weighted by molar-refractivity contribution is 5.32. The lowest BCUT2D eigenvalue weighted by molar-refractivity contribution is 0.259. The van der Waals surface area contributed by atoms with Gasteiger partial charge >= 0.3 is 0 Å². The van der Waals surface area contributed by atoms with Gasteiger partial charge in [0.25, 0.3) is 0 Å². The topological polar surface area (TPSA) is 21.3 Å². The lowest BCUT2D eigenvalue weighted by atomic mass is 10.00. The molecule has 0 radical (unpaired) electrons. The molecule has 112 valence electrons. The van der Waals surface area contributed by atoms with E-state index in [1.165, 1.54) is 37.8 Å². The SMILES string of the molecule is CCCNC1CCCC1CCOc1ccc(F)cc1C. The first-order valence-corrected chi connectivity index (χ1v) is 7.83. The number of aryl methyl sites for hydroxylation is 1. The molecule has 0 bridgehead atoms. The second kappa shape index (κ2) is 7.63. The van der Waals surface area contributed by atoms with Crippen LogP contribution in [0.15, 0.2) is 18.2 Å². The molecule has 1 fully saturated rings. The molecule has 20 heavy (non-hydrogen) atoms. The molecule has 0 spiro atoms. The van der Waals surface area contributed by atoms with Crippen LogP contribution in [0, 0.1) is 18.7 Å². The molecule has 1 aromatic rings. The Morgan fingerprint density at radius 3 is 2.95 bits per heavy atom. The van der Waals surface area contributed by atoms with E-state index < -0.39 is 0 Å². The monoisotopic (exact) mass is 279 g/mol. The maximum atomic E-state index is 13.0. The first-order chi connectivity index (χ1) is 9.70. The van der Waals surface area contributed by atoms with Crippen molar-refractivity contribution in [2.24, 2.45) is 5.92 Å². The van der Waals surface area contributed by atoms with Crippen molar-refractivity contribution in [1.29, 1.82) is 0 Å². The van der Waals surface area contributed by atoms with Gasteiger partial charge < -0.3 is 10.1 Å². The van der Waals surface area contributed by atoms with Crippen LogP contribution in [0.1, 0.15) is 44.6 Å². The number of rotatable bonds is 7. The number of ether oxygens (including phenoxy) is 1. The van der Waals surface area contributed by atoms with Gasteiger partial charge in [-0.3, -0.25) is 0 Å². The number of benzene rings is 1.